The predicted octanol–water partition coefficient (Wildman–Crippen LogP) is 8.44. The van der Waals surface area contributed by atoms with Crippen molar-refractivity contribution < 1.29 is 23.0 Å². The molecule has 0 atom stereocenters. The zero-order valence-corrected chi connectivity index (χ0v) is 20.1. The lowest BCUT2D eigenvalue weighted by Crippen LogP contribution is -2.10. The molecule has 0 aliphatic rings. The topological polar surface area (TPSA) is 35.5 Å². The highest BCUT2D eigenvalue weighted by Gasteiger charge is 2.19. The van der Waals surface area contributed by atoms with Gasteiger partial charge in [-0.15, -0.1) is 0 Å². The molecular formula is C28H38F2O3. The monoisotopic (exact) mass is 460 g/mol. The lowest BCUT2D eigenvalue weighted by atomic mass is 10.0. The molecule has 0 aliphatic heterocycles. The number of aryl methyl sites for hydroxylation is 1. The van der Waals surface area contributed by atoms with E-state index < -0.39 is 23.4 Å². The first-order chi connectivity index (χ1) is 16.1. The van der Waals surface area contributed by atoms with Gasteiger partial charge in [-0.25, -0.2) is 4.79 Å². The van der Waals surface area contributed by atoms with E-state index in [4.69, 9.17) is 9.47 Å². The van der Waals surface area contributed by atoms with Crippen LogP contribution in [0.25, 0.3) is 0 Å². The number of rotatable bonds is 16. The van der Waals surface area contributed by atoms with Crippen molar-refractivity contribution in [3.05, 3.63) is 59.2 Å². The number of esters is 1. The van der Waals surface area contributed by atoms with E-state index in [0.717, 1.165) is 37.7 Å². The molecule has 0 radical (unpaired) electrons. The third-order valence-electron chi connectivity index (χ3n) is 5.73. The minimum absolute atomic E-state index is 0.163. The highest BCUT2D eigenvalue weighted by molar-refractivity contribution is 5.91. The number of carbonyl (C=O) groups is 1. The molecule has 0 amide bonds. The fourth-order valence-corrected chi connectivity index (χ4v) is 3.67. The molecule has 0 saturated carbocycles. The number of unbranched alkanes of at least 4 members (excludes halogenated alkanes) is 9. The zero-order chi connectivity index (χ0) is 23.9. The summed E-state index contributed by atoms with van der Waals surface area (Å²) in [6.07, 6.45) is 13.5. The maximum Gasteiger partial charge on any atom is 0.343 e. The minimum atomic E-state index is -1.22. The van der Waals surface area contributed by atoms with Gasteiger partial charge in [0.15, 0.2) is 11.5 Å². The van der Waals surface area contributed by atoms with Crippen molar-refractivity contribution in [2.24, 2.45) is 0 Å². The average Bonchev–Trinajstić information content (AvgIpc) is 2.83. The predicted molar refractivity (Wildman–Crippen MR) is 129 cm³/mol. The van der Waals surface area contributed by atoms with Crippen LogP contribution in [-0.4, -0.2) is 12.6 Å². The fourth-order valence-electron chi connectivity index (χ4n) is 3.67. The van der Waals surface area contributed by atoms with Crippen molar-refractivity contribution in [3.63, 3.8) is 0 Å². The Morgan fingerprint density at radius 3 is 1.91 bits per heavy atom. The number of benzene rings is 2. The standard InChI is InChI=1S/C28H38F2O3/c1-3-5-7-9-11-13-21-32-24-19-20-25(27(30)26(24)29)33-28(31)23-17-15-22(16-18-23)14-12-10-8-6-4-2/h15-20H,3-14,21H2,1-2H3. The molecule has 2 aromatic rings. The van der Waals surface area contributed by atoms with Crippen LogP contribution >= 0.6 is 0 Å². The van der Waals surface area contributed by atoms with E-state index in [9.17, 15) is 13.6 Å². The smallest absolute Gasteiger partial charge is 0.343 e. The lowest BCUT2D eigenvalue weighted by Gasteiger charge is -2.11. The Hall–Kier alpha value is -2.43. The largest absolute Gasteiger partial charge is 0.490 e. The number of carbonyl (C=O) groups excluding carboxylic acids is 1. The van der Waals surface area contributed by atoms with Gasteiger partial charge in [-0.3, -0.25) is 0 Å². The van der Waals surface area contributed by atoms with Crippen molar-refractivity contribution in [2.45, 2.75) is 90.9 Å². The Balaban J connectivity index is 1.83. The summed E-state index contributed by atoms with van der Waals surface area (Å²) < 4.78 is 39.2. The van der Waals surface area contributed by atoms with Crippen LogP contribution in [0.15, 0.2) is 36.4 Å². The summed E-state index contributed by atoms with van der Waals surface area (Å²) in [5.41, 5.74) is 1.44. The molecule has 0 saturated heterocycles. The summed E-state index contributed by atoms with van der Waals surface area (Å²) in [7, 11) is 0. The maximum atomic E-state index is 14.4. The molecular weight excluding hydrogens is 422 g/mol. The van der Waals surface area contributed by atoms with E-state index in [1.165, 1.54) is 57.1 Å². The van der Waals surface area contributed by atoms with Crippen LogP contribution in [0.3, 0.4) is 0 Å². The molecule has 0 aliphatic carbocycles. The van der Waals surface area contributed by atoms with E-state index in [2.05, 4.69) is 13.8 Å². The second-order valence-corrected chi connectivity index (χ2v) is 8.56. The van der Waals surface area contributed by atoms with Crippen LogP contribution in [0.2, 0.25) is 0 Å². The highest BCUT2D eigenvalue weighted by atomic mass is 19.2. The van der Waals surface area contributed by atoms with Crippen molar-refractivity contribution in [1.82, 2.24) is 0 Å². The molecule has 2 rings (SSSR count). The van der Waals surface area contributed by atoms with Crippen LogP contribution < -0.4 is 9.47 Å². The van der Waals surface area contributed by atoms with Crippen LogP contribution in [-0.2, 0) is 6.42 Å². The Labute approximate surface area is 197 Å². The zero-order valence-electron chi connectivity index (χ0n) is 20.1. The summed E-state index contributed by atoms with van der Waals surface area (Å²) in [5, 5.41) is 0. The molecule has 2 aromatic carbocycles. The Morgan fingerprint density at radius 1 is 0.697 bits per heavy atom. The molecule has 0 N–H and O–H groups in total. The van der Waals surface area contributed by atoms with Gasteiger partial charge in [0.1, 0.15) is 0 Å². The third kappa shape index (κ3) is 9.53. The molecule has 0 fully saturated rings. The quantitative estimate of drug-likeness (QED) is 0.143. The van der Waals surface area contributed by atoms with Crippen molar-refractivity contribution in [3.8, 4) is 11.5 Å². The molecule has 0 bridgehead atoms. The second kappa shape index (κ2) is 15.4. The van der Waals surface area contributed by atoms with Gasteiger partial charge in [-0.05, 0) is 49.1 Å². The first-order valence-electron chi connectivity index (χ1n) is 12.5. The Kier molecular flexibility index (Phi) is 12.5. The molecule has 0 spiro atoms. The van der Waals surface area contributed by atoms with Crippen LogP contribution in [0, 0.1) is 11.6 Å². The van der Waals surface area contributed by atoms with E-state index in [1.54, 1.807) is 12.1 Å². The van der Waals surface area contributed by atoms with Gasteiger partial charge in [0.25, 0.3) is 0 Å². The van der Waals surface area contributed by atoms with Gasteiger partial charge >= 0.3 is 5.97 Å². The summed E-state index contributed by atoms with van der Waals surface area (Å²) in [6, 6.07) is 9.63. The maximum absolute atomic E-state index is 14.4. The van der Waals surface area contributed by atoms with E-state index in [-0.39, 0.29) is 5.75 Å². The minimum Gasteiger partial charge on any atom is -0.490 e. The molecule has 33 heavy (non-hydrogen) atoms. The summed E-state index contributed by atoms with van der Waals surface area (Å²) in [5.74, 6) is -3.67. The summed E-state index contributed by atoms with van der Waals surface area (Å²) >= 11 is 0. The second-order valence-electron chi connectivity index (χ2n) is 8.56. The van der Waals surface area contributed by atoms with Crippen molar-refractivity contribution in [1.29, 1.82) is 0 Å². The van der Waals surface area contributed by atoms with Gasteiger partial charge in [0.2, 0.25) is 11.6 Å². The van der Waals surface area contributed by atoms with Gasteiger partial charge < -0.3 is 9.47 Å². The van der Waals surface area contributed by atoms with Crippen LogP contribution in [0.1, 0.15) is 100 Å². The SMILES string of the molecule is CCCCCCCCOc1ccc(OC(=O)c2ccc(CCCCCCC)cc2)c(F)c1F. The van der Waals surface area contributed by atoms with E-state index >= 15 is 0 Å². The first kappa shape index (κ1) is 26.8. The number of hydrogen-bond acceptors (Lipinski definition) is 3. The van der Waals surface area contributed by atoms with Gasteiger partial charge in [0.05, 0.1) is 12.2 Å². The molecule has 3 nitrogen and oxygen atoms in total. The Morgan fingerprint density at radius 2 is 1.24 bits per heavy atom. The van der Waals surface area contributed by atoms with Crippen molar-refractivity contribution in [2.75, 3.05) is 6.61 Å². The van der Waals surface area contributed by atoms with Crippen LogP contribution in [0.5, 0.6) is 11.5 Å². The molecule has 182 valence electrons. The number of halogens is 2. The van der Waals surface area contributed by atoms with Crippen LogP contribution in [0.4, 0.5) is 8.78 Å². The lowest BCUT2D eigenvalue weighted by molar-refractivity contribution is 0.0726. The Bertz CT molecular complexity index is 834. The van der Waals surface area contributed by atoms with Crippen molar-refractivity contribution >= 4 is 5.97 Å². The number of hydrogen-bond donors (Lipinski definition) is 0. The third-order valence-corrected chi connectivity index (χ3v) is 5.73. The first-order valence-corrected chi connectivity index (χ1v) is 12.5. The van der Waals surface area contributed by atoms with E-state index in [0.29, 0.717) is 12.2 Å². The average molecular weight is 461 g/mol. The molecule has 0 heterocycles. The highest BCUT2D eigenvalue weighted by Crippen LogP contribution is 2.28. The fraction of sp³-hybridized carbons (Fsp3) is 0.536. The van der Waals surface area contributed by atoms with E-state index in [1.807, 2.05) is 12.1 Å². The molecule has 5 heteroatoms. The molecule has 0 unspecified atom stereocenters. The normalized spacial score (nSPS) is 10.9. The summed E-state index contributed by atoms with van der Waals surface area (Å²) in [6.45, 7) is 4.68. The summed E-state index contributed by atoms with van der Waals surface area (Å²) in [4.78, 5) is 12.4. The number of ether oxygens (including phenoxy) is 2. The molecule has 0 aromatic heterocycles. The van der Waals surface area contributed by atoms with Gasteiger partial charge in [0, 0.05) is 0 Å². The van der Waals surface area contributed by atoms with Gasteiger partial charge in [-0.1, -0.05) is 83.8 Å². The van der Waals surface area contributed by atoms with Gasteiger partial charge in [-0.2, -0.15) is 8.78 Å².